The number of hydrogen-bond acceptors (Lipinski definition) is 2. The van der Waals surface area contributed by atoms with Crippen LogP contribution in [0.5, 0.6) is 0 Å². The summed E-state index contributed by atoms with van der Waals surface area (Å²) in [4.78, 5) is 13.6. The van der Waals surface area contributed by atoms with Crippen molar-refractivity contribution in [3.63, 3.8) is 0 Å². The summed E-state index contributed by atoms with van der Waals surface area (Å²) < 4.78 is 1.49. The lowest BCUT2D eigenvalue weighted by Crippen LogP contribution is -2.18. The highest BCUT2D eigenvalue weighted by Gasteiger charge is 1.96. The van der Waals surface area contributed by atoms with Crippen LogP contribution < -0.4 is 5.69 Å². The van der Waals surface area contributed by atoms with Gasteiger partial charge in [-0.15, -0.1) is 0 Å². The normalized spacial score (nSPS) is 10.6. The van der Waals surface area contributed by atoms with Gasteiger partial charge in [-0.3, -0.25) is 4.98 Å². The Morgan fingerprint density at radius 2 is 2.00 bits per heavy atom. The maximum Gasteiger partial charge on any atom is 0.343 e. The summed E-state index contributed by atoms with van der Waals surface area (Å²) >= 11 is 0. The molecular weight excluding hydrogens is 178 g/mol. The molecule has 0 aliphatic carbocycles. The second kappa shape index (κ2) is 6.40. The number of aromatic amines is 1. The summed E-state index contributed by atoms with van der Waals surface area (Å²) in [6.07, 6.45) is 8.87. The van der Waals surface area contributed by atoms with Gasteiger partial charge in [-0.25, -0.2) is 9.48 Å². The van der Waals surface area contributed by atoms with Crippen LogP contribution in [0.4, 0.5) is 0 Å². The zero-order chi connectivity index (χ0) is 10.2. The Hall–Kier alpha value is -1.06. The van der Waals surface area contributed by atoms with Crippen LogP contribution in [0, 0.1) is 0 Å². The molecule has 1 aromatic heterocycles. The Morgan fingerprint density at radius 1 is 1.29 bits per heavy atom. The standard InChI is InChI=1S/C10H19N3O/c1-2-3-4-5-6-7-8-13-10(14)11-9-12-13/h9H,2-8H2,1H3,(H,11,12,14). The molecule has 1 rings (SSSR count). The van der Waals surface area contributed by atoms with Gasteiger partial charge in [0.25, 0.3) is 0 Å². The molecule has 80 valence electrons. The topological polar surface area (TPSA) is 50.7 Å². The van der Waals surface area contributed by atoms with Gasteiger partial charge in [0.1, 0.15) is 6.33 Å². The molecule has 0 saturated carbocycles. The van der Waals surface area contributed by atoms with Crippen LogP contribution in [0.1, 0.15) is 45.4 Å². The van der Waals surface area contributed by atoms with Gasteiger partial charge in [-0.05, 0) is 6.42 Å². The molecule has 0 radical (unpaired) electrons. The zero-order valence-corrected chi connectivity index (χ0v) is 8.83. The fraction of sp³-hybridized carbons (Fsp3) is 0.800. The van der Waals surface area contributed by atoms with Crippen LogP contribution in [0.3, 0.4) is 0 Å². The maximum atomic E-state index is 11.0. The minimum atomic E-state index is -0.0986. The zero-order valence-electron chi connectivity index (χ0n) is 8.83. The largest absolute Gasteiger partial charge is 0.343 e. The molecule has 1 aromatic rings. The summed E-state index contributed by atoms with van der Waals surface area (Å²) in [5.41, 5.74) is -0.0986. The third-order valence-electron chi connectivity index (χ3n) is 2.34. The molecule has 0 bridgehead atoms. The van der Waals surface area contributed by atoms with Gasteiger partial charge >= 0.3 is 5.69 Å². The smallest absolute Gasteiger partial charge is 0.295 e. The highest BCUT2D eigenvalue weighted by Crippen LogP contribution is 2.04. The SMILES string of the molecule is CCCCCCCCn1nc[nH]c1=O. The molecule has 1 N–H and O–H groups in total. The van der Waals surface area contributed by atoms with E-state index in [9.17, 15) is 4.79 Å². The predicted molar refractivity (Wildman–Crippen MR) is 56.2 cm³/mol. The first-order chi connectivity index (χ1) is 6.84. The molecule has 0 aliphatic rings. The molecule has 1 heterocycles. The number of rotatable bonds is 7. The van der Waals surface area contributed by atoms with Crippen molar-refractivity contribution < 1.29 is 0 Å². The molecule has 4 nitrogen and oxygen atoms in total. The molecule has 0 amide bonds. The molecule has 14 heavy (non-hydrogen) atoms. The number of hydrogen-bond donors (Lipinski definition) is 1. The van der Waals surface area contributed by atoms with Crippen LogP contribution in [0.25, 0.3) is 0 Å². The lowest BCUT2D eigenvalue weighted by atomic mass is 10.1. The molecule has 0 spiro atoms. The van der Waals surface area contributed by atoms with Gasteiger partial charge in [0, 0.05) is 6.54 Å². The first kappa shape index (κ1) is 11.0. The van der Waals surface area contributed by atoms with E-state index in [1.165, 1.54) is 43.1 Å². The number of unbranched alkanes of at least 4 members (excludes halogenated alkanes) is 5. The number of nitrogens with one attached hydrogen (secondary N) is 1. The number of aryl methyl sites for hydroxylation is 1. The highest BCUT2D eigenvalue weighted by atomic mass is 16.1. The summed E-state index contributed by atoms with van der Waals surface area (Å²) in [6.45, 7) is 2.96. The van der Waals surface area contributed by atoms with Crippen LogP contribution in [-0.4, -0.2) is 14.8 Å². The van der Waals surface area contributed by atoms with E-state index in [1.807, 2.05) is 0 Å². The van der Waals surface area contributed by atoms with Crippen LogP contribution >= 0.6 is 0 Å². The lowest BCUT2D eigenvalue weighted by molar-refractivity contribution is 0.516. The van der Waals surface area contributed by atoms with Gasteiger partial charge in [-0.2, -0.15) is 5.10 Å². The quantitative estimate of drug-likeness (QED) is 0.679. The third kappa shape index (κ3) is 3.77. The minimum Gasteiger partial charge on any atom is -0.295 e. The molecular formula is C10H19N3O. The van der Waals surface area contributed by atoms with Crippen molar-refractivity contribution in [3.05, 3.63) is 16.8 Å². The summed E-state index contributed by atoms with van der Waals surface area (Å²) in [6, 6.07) is 0. The molecule has 0 aromatic carbocycles. The number of nitrogens with zero attached hydrogens (tertiary/aromatic N) is 2. The highest BCUT2D eigenvalue weighted by molar-refractivity contribution is 4.59. The average Bonchev–Trinajstić information content (AvgIpc) is 2.58. The minimum absolute atomic E-state index is 0.0986. The van der Waals surface area contributed by atoms with Crippen molar-refractivity contribution >= 4 is 0 Å². The van der Waals surface area contributed by atoms with E-state index < -0.39 is 0 Å². The summed E-state index contributed by atoms with van der Waals surface area (Å²) in [5, 5.41) is 3.90. The average molecular weight is 197 g/mol. The second-order valence-electron chi connectivity index (χ2n) is 3.58. The van der Waals surface area contributed by atoms with E-state index in [-0.39, 0.29) is 5.69 Å². The first-order valence-electron chi connectivity index (χ1n) is 5.45. The molecule has 0 atom stereocenters. The molecule has 0 fully saturated rings. The lowest BCUT2D eigenvalue weighted by Gasteiger charge is -1.99. The van der Waals surface area contributed by atoms with Crippen LogP contribution in [0.15, 0.2) is 11.1 Å². The Morgan fingerprint density at radius 3 is 2.64 bits per heavy atom. The van der Waals surface area contributed by atoms with Crippen molar-refractivity contribution in [1.82, 2.24) is 14.8 Å². The fourth-order valence-electron chi connectivity index (χ4n) is 1.48. The van der Waals surface area contributed by atoms with E-state index in [0.29, 0.717) is 0 Å². The Bertz CT molecular complexity index is 290. The second-order valence-corrected chi connectivity index (χ2v) is 3.58. The summed E-state index contributed by atoms with van der Waals surface area (Å²) in [7, 11) is 0. The van der Waals surface area contributed by atoms with Gasteiger partial charge in [0.15, 0.2) is 0 Å². The Labute approximate surface area is 84.3 Å². The van der Waals surface area contributed by atoms with E-state index in [1.54, 1.807) is 0 Å². The van der Waals surface area contributed by atoms with Gasteiger partial charge in [-0.1, -0.05) is 39.0 Å². The van der Waals surface area contributed by atoms with Gasteiger partial charge < -0.3 is 0 Å². The molecule has 4 heteroatoms. The van der Waals surface area contributed by atoms with Gasteiger partial charge in [0.2, 0.25) is 0 Å². The predicted octanol–water partition coefficient (Wildman–Crippen LogP) is 1.93. The fourth-order valence-corrected chi connectivity index (χ4v) is 1.48. The van der Waals surface area contributed by atoms with Crippen molar-refractivity contribution in [1.29, 1.82) is 0 Å². The molecule has 0 saturated heterocycles. The summed E-state index contributed by atoms with van der Waals surface area (Å²) in [5.74, 6) is 0. The molecule has 0 unspecified atom stereocenters. The number of H-pyrrole nitrogens is 1. The maximum absolute atomic E-state index is 11.0. The van der Waals surface area contributed by atoms with Crippen molar-refractivity contribution in [2.24, 2.45) is 0 Å². The monoisotopic (exact) mass is 197 g/mol. The van der Waals surface area contributed by atoms with Crippen LogP contribution in [-0.2, 0) is 6.54 Å². The van der Waals surface area contributed by atoms with Gasteiger partial charge in [0.05, 0.1) is 0 Å². The number of aromatic nitrogens is 3. The molecule has 0 aliphatic heterocycles. The van der Waals surface area contributed by atoms with Crippen molar-refractivity contribution in [2.45, 2.75) is 52.0 Å². The Kier molecular flexibility index (Phi) is 5.04. The van der Waals surface area contributed by atoms with Crippen molar-refractivity contribution in [3.8, 4) is 0 Å². The first-order valence-corrected chi connectivity index (χ1v) is 5.45. The van der Waals surface area contributed by atoms with E-state index in [4.69, 9.17) is 0 Å². The van der Waals surface area contributed by atoms with Crippen LogP contribution in [0.2, 0.25) is 0 Å². The third-order valence-corrected chi connectivity index (χ3v) is 2.34. The Balaban J connectivity index is 2.05. The van der Waals surface area contributed by atoms with E-state index in [0.717, 1.165) is 13.0 Å². The van der Waals surface area contributed by atoms with Crippen molar-refractivity contribution in [2.75, 3.05) is 0 Å². The van der Waals surface area contributed by atoms with E-state index in [2.05, 4.69) is 17.0 Å². The van der Waals surface area contributed by atoms with E-state index >= 15 is 0 Å².